The Morgan fingerprint density at radius 2 is 2.17 bits per heavy atom. The second-order valence-electron chi connectivity index (χ2n) is 4.23. The summed E-state index contributed by atoms with van der Waals surface area (Å²) in [7, 11) is 0. The van der Waals surface area contributed by atoms with Gasteiger partial charge < -0.3 is 14.6 Å². The maximum absolute atomic E-state index is 10.9. The molecule has 1 heterocycles. The van der Waals surface area contributed by atoms with Crippen LogP contribution in [0, 0.1) is 5.92 Å². The van der Waals surface area contributed by atoms with Gasteiger partial charge in [0.15, 0.2) is 11.5 Å². The summed E-state index contributed by atoms with van der Waals surface area (Å²) >= 11 is 1.57. The summed E-state index contributed by atoms with van der Waals surface area (Å²) in [6.07, 6.45) is 2.46. The van der Waals surface area contributed by atoms with Crippen molar-refractivity contribution in [2.75, 3.05) is 19.5 Å². The fraction of sp³-hybridized carbons (Fsp3) is 0.462. The number of benzene rings is 1. The van der Waals surface area contributed by atoms with Crippen LogP contribution in [0.15, 0.2) is 17.0 Å². The molecule has 1 N–H and O–H groups in total. The van der Waals surface area contributed by atoms with Gasteiger partial charge in [-0.2, -0.15) is 0 Å². The van der Waals surface area contributed by atoms with Crippen molar-refractivity contribution in [3.63, 3.8) is 0 Å². The van der Waals surface area contributed by atoms with Crippen LogP contribution in [0.1, 0.15) is 12.5 Å². The quantitative estimate of drug-likeness (QED) is 0.850. The van der Waals surface area contributed by atoms with E-state index in [2.05, 4.69) is 0 Å². The first kappa shape index (κ1) is 13.1. The van der Waals surface area contributed by atoms with Crippen molar-refractivity contribution in [3.05, 3.63) is 17.7 Å². The molecule has 1 aromatic rings. The molecule has 0 saturated carbocycles. The van der Waals surface area contributed by atoms with Crippen LogP contribution < -0.4 is 9.47 Å². The molecule has 18 heavy (non-hydrogen) atoms. The Hall–Kier alpha value is -1.36. The van der Waals surface area contributed by atoms with Crippen molar-refractivity contribution in [1.29, 1.82) is 0 Å². The van der Waals surface area contributed by atoms with E-state index in [9.17, 15) is 4.79 Å². The van der Waals surface area contributed by atoms with Crippen LogP contribution in [0.2, 0.25) is 0 Å². The summed E-state index contributed by atoms with van der Waals surface area (Å²) in [6.45, 7) is 2.81. The number of hydrogen-bond acceptors (Lipinski definition) is 4. The van der Waals surface area contributed by atoms with E-state index in [-0.39, 0.29) is 0 Å². The minimum Gasteiger partial charge on any atom is -0.486 e. The number of carboxylic acid groups (broad SMARTS) is 1. The zero-order chi connectivity index (χ0) is 13.1. The SMILES string of the molecule is CSc1c(CC(C)C(=O)O)ccc2c1OCCO2. The highest BCUT2D eigenvalue weighted by Gasteiger charge is 2.21. The van der Waals surface area contributed by atoms with Gasteiger partial charge in [0.2, 0.25) is 0 Å². The third kappa shape index (κ3) is 2.56. The van der Waals surface area contributed by atoms with Gasteiger partial charge in [0.05, 0.1) is 10.8 Å². The molecule has 0 bridgehead atoms. The minimum absolute atomic E-state index is 0.404. The lowest BCUT2D eigenvalue weighted by Crippen LogP contribution is -2.17. The lowest BCUT2D eigenvalue weighted by molar-refractivity contribution is -0.141. The Balaban J connectivity index is 2.33. The van der Waals surface area contributed by atoms with Crippen LogP contribution in [0.3, 0.4) is 0 Å². The molecule has 5 heteroatoms. The average Bonchev–Trinajstić information content (AvgIpc) is 2.38. The number of hydrogen-bond donors (Lipinski definition) is 1. The molecule has 1 atom stereocenters. The van der Waals surface area contributed by atoms with Crippen molar-refractivity contribution in [3.8, 4) is 11.5 Å². The highest BCUT2D eigenvalue weighted by Crippen LogP contribution is 2.41. The van der Waals surface area contributed by atoms with E-state index in [4.69, 9.17) is 14.6 Å². The smallest absolute Gasteiger partial charge is 0.306 e. The van der Waals surface area contributed by atoms with Gasteiger partial charge in [0, 0.05) is 0 Å². The molecule has 0 saturated heterocycles. The van der Waals surface area contributed by atoms with Crippen molar-refractivity contribution >= 4 is 17.7 Å². The highest BCUT2D eigenvalue weighted by molar-refractivity contribution is 7.98. The van der Waals surface area contributed by atoms with Crippen molar-refractivity contribution < 1.29 is 19.4 Å². The topological polar surface area (TPSA) is 55.8 Å². The fourth-order valence-electron chi connectivity index (χ4n) is 1.93. The van der Waals surface area contributed by atoms with Crippen LogP contribution in [0.4, 0.5) is 0 Å². The van der Waals surface area contributed by atoms with E-state index in [1.165, 1.54) is 0 Å². The lowest BCUT2D eigenvalue weighted by Gasteiger charge is -2.22. The second kappa shape index (κ2) is 5.52. The highest BCUT2D eigenvalue weighted by atomic mass is 32.2. The van der Waals surface area contributed by atoms with Crippen LogP contribution in [0.5, 0.6) is 11.5 Å². The molecule has 0 fully saturated rings. The maximum atomic E-state index is 10.9. The number of thioether (sulfide) groups is 1. The number of aliphatic carboxylic acids is 1. The molecule has 98 valence electrons. The van der Waals surface area contributed by atoms with Crippen LogP contribution >= 0.6 is 11.8 Å². The van der Waals surface area contributed by atoms with E-state index >= 15 is 0 Å². The van der Waals surface area contributed by atoms with Crippen LogP contribution in [-0.2, 0) is 11.2 Å². The predicted octanol–water partition coefficient (Wildman–Crippen LogP) is 2.44. The minimum atomic E-state index is -0.781. The van der Waals surface area contributed by atoms with Gasteiger partial charge in [0.25, 0.3) is 0 Å². The molecule has 1 unspecified atom stereocenters. The van der Waals surface area contributed by atoms with Crippen molar-refractivity contribution in [2.45, 2.75) is 18.2 Å². The molecule has 0 radical (unpaired) electrons. The Morgan fingerprint density at radius 3 is 2.83 bits per heavy atom. The van der Waals surface area contributed by atoms with E-state index in [0.29, 0.717) is 19.6 Å². The first-order chi connectivity index (χ1) is 8.63. The van der Waals surface area contributed by atoms with Gasteiger partial charge in [-0.3, -0.25) is 4.79 Å². The zero-order valence-corrected chi connectivity index (χ0v) is 11.3. The maximum Gasteiger partial charge on any atom is 0.306 e. The Morgan fingerprint density at radius 1 is 1.44 bits per heavy atom. The van der Waals surface area contributed by atoms with Crippen molar-refractivity contribution in [1.82, 2.24) is 0 Å². The van der Waals surface area contributed by atoms with Gasteiger partial charge >= 0.3 is 5.97 Å². The molecule has 4 nitrogen and oxygen atoms in total. The summed E-state index contributed by atoms with van der Waals surface area (Å²) in [4.78, 5) is 11.9. The third-order valence-electron chi connectivity index (χ3n) is 2.90. The zero-order valence-electron chi connectivity index (χ0n) is 10.4. The summed E-state index contributed by atoms with van der Waals surface area (Å²) in [5.41, 5.74) is 1.00. The first-order valence-electron chi connectivity index (χ1n) is 5.81. The molecule has 0 spiro atoms. The average molecular weight is 268 g/mol. The molecule has 2 rings (SSSR count). The summed E-state index contributed by atoms with van der Waals surface area (Å²) < 4.78 is 11.2. The summed E-state index contributed by atoms with van der Waals surface area (Å²) in [5, 5.41) is 8.98. The monoisotopic (exact) mass is 268 g/mol. The standard InChI is InChI=1S/C13H16O4S/c1-8(13(14)15)7-9-3-4-10-11(12(9)18-2)17-6-5-16-10/h3-4,8H,5-7H2,1-2H3,(H,14,15). The van der Waals surface area contributed by atoms with Gasteiger partial charge in [0.1, 0.15) is 13.2 Å². The van der Waals surface area contributed by atoms with Crippen molar-refractivity contribution in [2.24, 2.45) is 5.92 Å². The number of rotatable bonds is 4. The lowest BCUT2D eigenvalue weighted by atomic mass is 10.0. The second-order valence-corrected chi connectivity index (χ2v) is 5.04. The van der Waals surface area contributed by atoms with E-state index in [1.807, 2.05) is 18.4 Å². The van der Waals surface area contributed by atoms with Crippen LogP contribution in [0.25, 0.3) is 0 Å². The normalized spacial score (nSPS) is 15.2. The Labute approximate surface area is 110 Å². The van der Waals surface area contributed by atoms with Crippen LogP contribution in [-0.4, -0.2) is 30.5 Å². The Bertz CT molecular complexity index is 459. The van der Waals surface area contributed by atoms with Gasteiger partial charge in [-0.05, 0) is 24.3 Å². The van der Waals surface area contributed by atoms with E-state index < -0.39 is 11.9 Å². The molecule has 1 aliphatic heterocycles. The van der Waals surface area contributed by atoms with Gasteiger partial charge in [-0.25, -0.2) is 0 Å². The molecular formula is C13H16O4S. The van der Waals surface area contributed by atoms with Gasteiger partial charge in [-0.1, -0.05) is 13.0 Å². The number of ether oxygens (including phenoxy) is 2. The molecule has 0 aliphatic carbocycles. The largest absolute Gasteiger partial charge is 0.486 e. The number of carbonyl (C=O) groups is 1. The molecule has 1 aromatic carbocycles. The first-order valence-corrected chi connectivity index (χ1v) is 7.04. The molecule has 0 amide bonds. The van der Waals surface area contributed by atoms with E-state index in [1.54, 1.807) is 18.7 Å². The molecular weight excluding hydrogens is 252 g/mol. The van der Waals surface area contributed by atoms with E-state index in [0.717, 1.165) is 22.0 Å². The van der Waals surface area contributed by atoms with Gasteiger partial charge in [-0.15, -0.1) is 11.8 Å². The molecule has 0 aromatic heterocycles. The number of carboxylic acids is 1. The number of fused-ring (bicyclic) bond motifs is 1. The summed E-state index contributed by atoms with van der Waals surface area (Å²) in [6, 6.07) is 3.79. The predicted molar refractivity (Wildman–Crippen MR) is 69.7 cm³/mol. The summed E-state index contributed by atoms with van der Waals surface area (Å²) in [5.74, 6) is 0.316. The molecule has 1 aliphatic rings. The Kier molecular flexibility index (Phi) is 4.01. The third-order valence-corrected chi connectivity index (χ3v) is 3.75. The fourth-order valence-corrected chi connectivity index (χ4v) is 2.69.